The maximum Gasteiger partial charge on any atom is 0.303 e. The van der Waals surface area contributed by atoms with Gasteiger partial charge in [0.1, 0.15) is 6.10 Å². The van der Waals surface area contributed by atoms with Gasteiger partial charge < -0.3 is 4.74 Å². The second-order valence-electron chi connectivity index (χ2n) is 4.97. The molecule has 0 spiro atoms. The van der Waals surface area contributed by atoms with Crippen molar-refractivity contribution in [1.29, 1.82) is 0 Å². The fraction of sp³-hybridized carbons (Fsp3) is 0.769. The van der Waals surface area contributed by atoms with E-state index < -0.39 is 0 Å². The summed E-state index contributed by atoms with van der Waals surface area (Å²) in [5.74, 6) is -0.213. The predicted octanol–water partition coefficient (Wildman–Crippen LogP) is 3.71. The normalized spacial score (nSPS) is 14.2. The van der Waals surface area contributed by atoms with E-state index in [0.29, 0.717) is 0 Å². The Hall–Kier alpha value is -0.790. The summed E-state index contributed by atoms with van der Waals surface area (Å²) in [6.45, 7) is 9.85. The third-order valence-corrected chi connectivity index (χ3v) is 2.18. The Morgan fingerprint density at radius 2 is 2.00 bits per heavy atom. The fourth-order valence-corrected chi connectivity index (χ4v) is 1.23. The van der Waals surface area contributed by atoms with Crippen molar-refractivity contribution >= 4 is 5.97 Å². The molecule has 0 N–H and O–H groups in total. The van der Waals surface area contributed by atoms with Gasteiger partial charge in [0, 0.05) is 12.3 Å². The summed E-state index contributed by atoms with van der Waals surface area (Å²) in [5, 5.41) is 0. The Morgan fingerprint density at radius 1 is 1.40 bits per heavy atom. The van der Waals surface area contributed by atoms with Crippen LogP contribution in [0, 0.1) is 5.41 Å². The van der Waals surface area contributed by atoms with Crippen molar-refractivity contribution in [3.63, 3.8) is 0 Å². The van der Waals surface area contributed by atoms with E-state index in [2.05, 4.69) is 33.8 Å². The number of unbranched alkanes of at least 4 members (excludes halogenated alkanes) is 2. The van der Waals surface area contributed by atoms with E-state index in [0.717, 1.165) is 6.42 Å². The van der Waals surface area contributed by atoms with Crippen molar-refractivity contribution in [3.8, 4) is 0 Å². The number of allylic oxidation sites excluding steroid dienone is 1. The fourth-order valence-electron chi connectivity index (χ4n) is 1.23. The zero-order chi connectivity index (χ0) is 11.9. The van der Waals surface area contributed by atoms with E-state index in [1.807, 2.05) is 6.08 Å². The van der Waals surface area contributed by atoms with Gasteiger partial charge in [0.25, 0.3) is 0 Å². The number of ether oxygens (including phenoxy) is 1. The van der Waals surface area contributed by atoms with Crippen LogP contribution in [0.15, 0.2) is 12.2 Å². The third kappa shape index (κ3) is 7.18. The van der Waals surface area contributed by atoms with Crippen LogP contribution in [0.1, 0.15) is 53.9 Å². The molecule has 88 valence electrons. The molecule has 0 aliphatic heterocycles. The van der Waals surface area contributed by atoms with Crippen LogP contribution in [0.3, 0.4) is 0 Å². The third-order valence-electron chi connectivity index (χ3n) is 2.18. The van der Waals surface area contributed by atoms with Gasteiger partial charge in [0.05, 0.1) is 0 Å². The van der Waals surface area contributed by atoms with Crippen LogP contribution in [0.2, 0.25) is 0 Å². The molecule has 0 aromatic rings. The van der Waals surface area contributed by atoms with Gasteiger partial charge in [-0.1, -0.05) is 46.6 Å². The van der Waals surface area contributed by atoms with Crippen LogP contribution >= 0.6 is 0 Å². The van der Waals surface area contributed by atoms with Gasteiger partial charge in [0.15, 0.2) is 0 Å². The summed E-state index contributed by atoms with van der Waals surface area (Å²) in [7, 11) is 0. The van der Waals surface area contributed by atoms with E-state index in [9.17, 15) is 4.79 Å². The molecule has 0 saturated heterocycles. The molecule has 0 aliphatic carbocycles. The van der Waals surface area contributed by atoms with Gasteiger partial charge in [-0.2, -0.15) is 0 Å². The summed E-state index contributed by atoms with van der Waals surface area (Å²) >= 11 is 0. The molecule has 1 atom stereocenters. The van der Waals surface area contributed by atoms with Crippen LogP contribution in [0.4, 0.5) is 0 Å². The highest BCUT2D eigenvalue weighted by molar-refractivity contribution is 5.66. The molecule has 0 radical (unpaired) electrons. The Kier molecular flexibility index (Phi) is 6.30. The average Bonchev–Trinajstić information content (AvgIpc) is 2.08. The number of esters is 1. The van der Waals surface area contributed by atoms with Gasteiger partial charge in [-0.15, -0.1) is 0 Å². The first kappa shape index (κ1) is 14.2. The van der Waals surface area contributed by atoms with Crippen LogP contribution in [-0.4, -0.2) is 12.1 Å². The molecule has 0 heterocycles. The number of carbonyl (C=O) groups excluding carboxylic acids is 1. The standard InChI is InChI=1S/C13H24O2/c1-6-7-8-9-10-12(13(3,4)5)15-11(2)14/h9-10,12H,6-8H2,1-5H3/b10-9+/t12-/m0/s1. The van der Waals surface area contributed by atoms with Gasteiger partial charge in [-0.3, -0.25) is 4.79 Å². The molecule has 0 rings (SSSR count). The molecule has 0 bridgehead atoms. The Labute approximate surface area is 93.7 Å². The molecular weight excluding hydrogens is 188 g/mol. The second-order valence-corrected chi connectivity index (χ2v) is 4.97. The van der Waals surface area contributed by atoms with Crippen molar-refractivity contribution < 1.29 is 9.53 Å². The molecule has 0 fully saturated rings. The number of hydrogen-bond donors (Lipinski definition) is 0. The molecule has 2 heteroatoms. The van der Waals surface area contributed by atoms with Crippen molar-refractivity contribution in [1.82, 2.24) is 0 Å². The van der Waals surface area contributed by atoms with E-state index in [1.165, 1.54) is 19.8 Å². The lowest BCUT2D eigenvalue weighted by Gasteiger charge is -2.27. The monoisotopic (exact) mass is 212 g/mol. The molecular formula is C13H24O2. The number of carbonyl (C=O) groups is 1. The largest absolute Gasteiger partial charge is 0.458 e. The SMILES string of the molecule is CCCC/C=C/[C@H](OC(C)=O)C(C)(C)C. The highest BCUT2D eigenvalue weighted by Gasteiger charge is 2.24. The van der Waals surface area contributed by atoms with Gasteiger partial charge in [-0.05, 0) is 12.5 Å². The Balaban J connectivity index is 4.25. The molecule has 2 nitrogen and oxygen atoms in total. The Morgan fingerprint density at radius 3 is 2.40 bits per heavy atom. The van der Waals surface area contributed by atoms with Crippen molar-refractivity contribution in [2.24, 2.45) is 5.41 Å². The van der Waals surface area contributed by atoms with Crippen molar-refractivity contribution in [3.05, 3.63) is 12.2 Å². The van der Waals surface area contributed by atoms with E-state index in [1.54, 1.807) is 0 Å². The first-order valence-electron chi connectivity index (χ1n) is 5.71. The minimum absolute atomic E-state index is 0.0333. The van der Waals surface area contributed by atoms with Crippen LogP contribution < -0.4 is 0 Å². The lowest BCUT2D eigenvalue weighted by atomic mass is 9.88. The number of hydrogen-bond acceptors (Lipinski definition) is 2. The van der Waals surface area contributed by atoms with Crippen molar-refractivity contribution in [2.45, 2.75) is 60.0 Å². The van der Waals surface area contributed by atoms with Crippen LogP contribution in [0.5, 0.6) is 0 Å². The van der Waals surface area contributed by atoms with E-state index in [4.69, 9.17) is 4.74 Å². The van der Waals surface area contributed by atoms with Gasteiger partial charge in [0.2, 0.25) is 0 Å². The second kappa shape index (κ2) is 6.65. The highest BCUT2D eigenvalue weighted by atomic mass is 16.5. The molecule has 0 amide bonds. The molecule has 0 aliphatic rings. The topological polar surface area (TPSA) is 26.3 Å². The minimum atomic E-state index is -0.213. The molecule has 15 heavy (non-hydrogen) atoms. The van der Waals surface area contributed by atoms with E-state index in [-0.39, 0.29) is 17.5 Å². The quantitative estimate of drug-likeness (QED) is 0.394. The smallest absolute Gasteiger partial charge is 0.303 e. The summed E-state index contributed by atoms with van der Waals surface area (Å²) in [5.41, 5.74) is -0.0333. The maximum atomic E-state index is 10.9. The Bertz CT molecular complexity index is 211. The summed E-state index contributed by atoms with van der Waals surface area (Å²) in [4.78, 5) is 10.9. The van der Waals surface area contributed by atoms with Crippen LogP contribution in [0.25, 0.3) is 0 Å². The van der Waals surface area contributed by atoms with Gasteiger partial charge in [-0.25, -0.2) is 0 Å². The first-order valence-corrected chi connectivity index (χ1v) is 5.71. The lowest BCUT2D eigenvalue weighted by molar-refractivity contribution is -0.148. The molecule has 0 aromatic heterocycles. The molecule has 0 aromatic carbocycles. The summed E-state index contributed by atoms with van der Waals surface area (Å²) in [6, 6.07) is 0. The predicted molar refractivity (Wildman–Crippen MR) is 63.7 cm³/mol. The zero-order valence-corrected chi connectivity index (χ0v) is 10.7. The van der Waals surface area contributed by atoms with Crippen molar-refractivity contribution in [2.75, 3.05) is 0 Å². The highest BCUT2D eigenvalue weighted by Crippen LogP contribution is 2.23. The summed E-state index contributed by atoms with van der Waals surface area (Å²) in [6.07, 6.45) is 7.45. The van der Waals surface area contributed by atoms with Gasteiger partial charge >= 0.3 is 5.97 Å². The minimum Gasteiger partial charge on any atom is -0.458 e. The molecule has 0 unspecified atom stereocenters. The average molecular weight is 212 g/mol. The summed E-state index contributed by atoms with van der Waals surface area (Å²) < 4.78 is 5.27. The first-order chi connectivity index (χ1) is 6.88. The van der Waals surface area contributed by atoms with E-state index >= 15 is 0 Å². The maximum absolute atomic E-state index is 10.9. The zero-order valence-electron chi connectivity index (χ0n) is 10.7. The number of rotatable bonds is 5. The lowest BCUT2D eigenvalue weighted by Crippen LogP contribution is -2.29. The molecule has 0 saturated carbocycles. The van der Waals surface area contributed by atoms with Crippen LogP contribution in [-0.2, 0) is 9.53 Å².